The molecule has 0 aliphatic carbocycles. The number of nitrogens with zero attached hydrogens (tertiary/aromatic N) is 1. The predicted molar refractivity (Wildman–Crippen MR) is 206 cm³/mol. The first-order valence-corrected chi connectivity index (χ1v) is 16.7. The molecule has 0 spiro atoms. The number of aromatic nitrogens is 1. The van der Waals surface area contributed by atoms with Crippen LogP contribution >= 0.6 is 0 Å². The Labute approximate surface area is 283 Å². The van der Waals surface area contributed by atoms with E-state index in [4.69, 9.17) is 4.42 Å². The van der Waals surface area contributed by atoms with Gasteiger partial charge < -0.3 is 14.3 Å². The summed E-state index contributed by atoms with van der Waals surface area (Å²) >= 11 is 0. The second-order valence-corrected chi connectivity index (χ2v) is 12.7. The molecule has 0 atom stereocenters. The van der Waals surface area contributed by atoms with E-state index < -0.39 is 0 Å². The zero-order chi connectivity index (χ0) is 32.3. The fraction of sp³-hybridized carbons (Fsp3) is 0. The summed E-state index contributed by atoms with van der Waals surface area (Å²) in [5.41, 5.74) is 12.0. The van der Waals surface area contributed by atoms with E-state index >= 15 is 0 Å². The van der Waals surface area contributed by atoms with Gasteiger partial charge in [-0.2, -0.15) is 0 Å². The van der Waals surface area contributed by atoms with Gasteiger partial charge in [0.15, 0.2) is 0 Å². The summed E-state index contributed by atoms with van der Waals surface area (Å²) in [7, 11) is 0. The summed E-state index contributed by atoms with van der Waals surface area (Å²) in [6.45, 7) is 0. The third-order valence-electron chi connectivity index (χ3n) is 9.77. The Kier molecular flexibility index (Phi) is 6.18. The van der Waals surface area contributed by atoms with E-state index in [0.29, 0.717) is 0 Å². The number of hydrogen-bond acceptors (Lipinski definition) is 2. The molecule has 1 N–H and O–H groups in total. The topological polar surface area (TPSA) is 32.2 Å². The van der Waals surface area contributed by atoms with Crippen molar-refractivity contribution in [1.82, 2.24) is 4.98 Å². The van der Waals surface area contributed by atoms with Crippen LogP contribution in [0.4, 0.5) is 17.1 Å². The van der Waals surface area contributed by atoms with Gasteiger partial charge in [0.1, 0.15) is 11.2 Å². The van der Waals surface area contributed by atoms with Crippen molar-refractivity contribution in [2.45, 2.75) is 0 Å². The van der Waals surface area contributed by atoms with E-state index in [-0.39, 0.29) is 0 Å². The summed E-state index contributed by atoms with van der Waals surface area (Å²) < 4.78 is 6.22. The van der Waals surface area contributed by atoms with Gasteiger partial charge in [0.25, 0.3) is 0 Å². The maximum absolute atomic E-state index is 6.22. The van der Waals surface area contributed by atoms with E-state index in [9.17, 15) is 0 Å². The minimum absolute atomic E-state index is 0.894. The SMILES string of the molecule is c1ccc(-c2ccc(N(c3ccc4ccccc4c3)c3cc(-c4ccc5oc6ccccc6c5c4)c4[nH]c5ccccc5c4c3)cc2)cc1. The molecule has 0 bridgehead atoms. The fourth-order valence-corrected chi connectivity index (χ4v) is 7.38. The van der Waals surface area contributed by atoms with Crippen LogP contribution in [0.15, 0.2) is 180 Å². The number of anilines is 3. The molecule has 49 heavy (non-hydrogen) atoms. The van der Waals surface area contributed by atoms with Gasteiger partial charge in [-0.1, -0.05) is 115 Å². The van der Waals surface area contributed by atoms with E-state index in [2.05, 4.69) is 174 Å². The molecule has 0 fully saturated rings. The Balaban J connectivity index is 1.23. The molecule has 10 aromatic rings. The van der Waals surface area contributed by atoms with Crippen LogP contribution in [0.2, 0.25) is 0 Å². The van der Waals surface area contributed by atoms with Crippen molar-refractivity contribution in [1.29, 1.82) is 0 Å². The van der Waals surface area contributed by atoms with Crippen molar-refractivity contribution < 1.29 is 4.42 Å². The minimum atomic E-state index is 0.894. The van der Waals surface area contributed by atoms with Gasteiger partial charge in [-0.15, -0.1) is 0 Å². The number of benzene rings is 8. The highest BCUT2D eigenvalue weighted by atomic mass is 16.3. The number of nitrogens with one attached hydrogen (secondary N) is 1. The Morgan fingerprint density at radius 1 is 0.388 bits per heavy atom. The summed E-state index contributed by atoms with van der Waals surface area (Å²) in [5.74, 6) is 0. The molecule has 0 saturated heterocycles. The summed E-state index contributed by atoms with van der Waals surface area (Å²) in [4.78, 5) is 6.16. The van der Waals surface area contributed by atoms with Crippen molar-refractivity contribution in [3.8, 4) is 22.3 Å². The monoisotopic (exact) mass is 626 g/mol. The first-order chi connectivity index (χ1) is 24.3. The van der Waals surface area contributed by atoms with Crippen molar-refractivity contribution in [2.24, 2.45) is 0 Å². The molecule has 230 valence electrons. The smallest absolute Gasteiger partial charge is 0.135 e. The molecular formula is C46H30N2O. The zero-order valence-electron chi connectivity index (χ0n) is 26.6. The molecule has 0 unspecified atom stereocenters. The molecule has 0 aliphatic rings. The number of hydrogen-bond donors (Lipinski definition) is 1. The van der Waals surface area contributed by atoms with Gasteiger partial charge >= 0.3 is 0 Å². The number of rotatable bonds is 5. The van der Waals surface area contributed by atoms with Gasteiger partial charge in [0, 0.05) is 49.7 Å². The highest BCUT2D eigenvalue weighted by Gasteiger charge is 2.20. The second-order valence-electron chi connectivity index (χ2n) is 12.7. The van der Waals surface area contributed by atoms with Gasteiger partial charge in [0.2, 0.25) is 0 Å². The number of para-hydroxylation sites is 2. The van der Waals surface area contributed by atoms with Crippen LogP contribution in [0.1, 0.15) is 0 Å². The number of aromatic amines is 1. The van der Waals surface area contributed by atoms with Gasteiger partial charge in [-0.25, -0.2) is 0 Å². The molecule has 0 saturated carbocycles. The third kappa shape index (κ3) is 4.59. The number of fused-ring (bicyclic) bond motifs is 7. The predicted octanol–water partition coefficient (Wildman–Crippen LogP) is 13.2. The normalized spacial score (nSPS) is 11.7. The van der Waals surface area contributed by atoms with Gasteiger partial charge in [0.05, 0.1) is 5.52 Å². The quantitative estimate of drug-likeness (QED) is 0.206. The highest BCUT2D eigenvalue weighted by molar-refractivity contribution is 6.15. The molecule has 3 heteroatoms. The molecule has 2 aromatic heterocycles. The zero-order valence-corrected chi connectivity index (χ0v) is 26.6. The van der Waals surface area contributed by atoms with Crippen LogP contribution in [0, 0.1) is 0 Å². The molecule has 8 aromatic carbocycles. The van der Waals surface area contributed by atoms with E-state index in [1.165, 1.54) is 32.7 Å². The van der Waals surface area contributed by atoms with Crippen molar-refractivity contribution in [2.75, 3.05) is 4.90 Å². The first-order valence-electron chi connectivity index (χ1n) is 16.7. The third-order valence-corrected chi connectivity index (χ3v) is 9.77. The van der Waals surface area contributed by atoms with E-state index in [0.717, 1.165) is 61.2 Å². The largest absolute Gasteiger partial charge is 0.456 e. The van der Waals surface area contributed by atoms with Crippen molar-refractivity contribution >= 4 is 71.6 Å². The lowest BCUT2D eigenvalue weighted by molar-refractivity contribution is 0.669. The Hall–Kier alpha value is -6.58. The lowest BCUT2D eigenvalue weighted by Crippen LogP contribution is -2.10. The molecule has 0 amide bonds. The van der Waals surface area contributed by atoms with Crippen LogP contribution in [0.25, 0.3) is 76.8 Å². The van der Waals surface area contributed by atoms with Crippen LogP contribution in [0.3, 0.4) is 0 Å². The van der Waals surface area contributed by atoms with Crippen molar-refractivity contribution in [3.63, 3.8) is 0 Å². The highest BCUT2D eigenvalue weighted by Crippen LogP contribution is 2.44. The maximum Gasteiger partial charge on any atom is 0.135 e. The van der Waals surface area contributed by atoms with E-state index in [1.807, 2.05) is 12.1 Å². The fourth-order valence-electron chi connectivity index (χ4n) is 7.38. The molecule has 0 radical (unpaired) electrons. The summed E-state index contributed by atoms with van der Waals surface area (Å²) in [6.07, 6.45) is 0. The second kappa shape index (κ2) is 11.0. The molecule has 3 nitrogen and oxygen atoms in total. The molecular weight excluding hydrogens is 597 g/mol. The van der Waals surface area contributed by atoms with Crippen LogP contribution in [0.5, 0.6) is 0 Å². The van der Waals surface area contributed by atoms with Crippen LogP contribution < -0.4 is 4.90 Å². The van der Waals surface area contributed by atoms with Gasteiger partial charge in [-0.05, 0) is 88.1 Å². The van der Waals surface area contributed by atoms with Crippen molar-refractivity contribution in [3.05, 3.63) is 176 Å². The first kappa shape index (κ1) is 27.5. The number of H-pyrrole nitrogens is 1. The molecule has 10 rings (SSSR count). The van der Waals surface area contributed by atoms with Crippen LogP contribution in [-0.4, -0.2) is 4.98 Å². The average Bonchev–Trinajstić information content (AvgIpc) is 3.73. The Morgan fingerprint density at radius 2 is 1.06 bits per heavy atom. The molecule has 0 aliphatic heterocycles. The van der Waals surface area contributed by atoms with Gasteiger partial charge in [-0.3, -0.25) is 0 Å². The molecule has 2 heterocycles. The Morgan fingerprint density at radius 3 is 1.94 bits per heavy atom. The van der Waals surface area contributed by atoms with E-state index in [1.54, 1.807) is 0 Å². The lowest BCUT2D eigenvalue weighted by atomic mass is 9.98. The summed E-state index contributed by atoms with van der Waals surface area (Å²) in [5, 5.41) is 7.06. The lowest BCUT2D eigenvalue weighted by Gasteiger charge is -2.27. The Bertz CT molecular complexity index is 2830. The maximum atomic E-state index is 6.22. The standard InChI is InChI=1S/C46H30N2O/c1-2-10-30(11-3-1)32-18-22-35(23-19-32)48(36-24-20-31-12-4-5-13-33(31)26-36)37-28-40(46-42(29-37)38-14-6-8-16-43(38)47-46)34-21-25-45-41(27-34)39-15-7-9-17-44(39)49-45/h1-29,47H. The number of furan rings is 1. The average molecular weight is 627 g/mol. The van der Waals surface area contributed by atoms with Crippen LogP contribution in [-0.2, 0) is 0 Å². The minimum Gasteiger partial charge on any atom is -0.456 e. The summed E-state index contributed by atoms with van der Waals surface area (Å²) in [6, 6.07) is 62.9.